The number of rotatable bonds is 7. The predicted molar refractivity (Wildman–Crippen MR) is 116 cm³/mol. The SMILES string of the molecule is CN=C(NCc1ccc(OC)cc1OC1CCCC1)NCC1CN2CCN1CC2. The Morgan fingerprint density at radius 3 is 2.59 bits per heavy atom. The van der Waals surface area contributed by atoms with Gasteiger partial charge in [0.25, 0.3) is 0 Å². The number of benzene rings is 1. The number of guanidine groups is 1. The van der Waals surface area contributed by atoms with Crippen LogP contribution in [0.15, 0.2) is 23.2 Å². The van der Waals surface area contributed by atoms with Gasteiger partial charge in [0.2, 0.25) is 0 Å². The van der Waals surface area contributed by atoms with E-state index in [1.54, 1.807) is 7.11 Å². The number of hydrogen-bond acceptors (Lipinski definition) is 5. The lowest BCUT2D eigenvalue weighted by molar-refractivity contribution is 0.0154. The minimum absolute atomic E-state index is 0.323. The first-order valence-corrected chi connectivity index (χ1v) is 11.0. The molecule has 1 saturated carbocycles. The van der Waals surface area contributed by atoms with Gasteiger partial charge in [-0.25, -0.2) is 0 Å². The molecule has 4 aliphatic rings. The van der Waals surface area contributed by atoms with Crippen molar-refractivity contribution in [1.29, 1.82) is 0 Å². The Balaban J connectivity index is 1.32. The quantitative estimate of drug-likeness (QED) is 0.536. The molecule has 160 valence electrons. The average molecular weight is 402 g/mol. The molecule has 5 rings (SSSR count). The van der Waals surface area contributed by atoms with Gasteiger partial charge < -0.3 is 20.1 Å². The average Bonchev–Trinajstić information content (AvgIpc) is 3.28. The largest absolute Gasteiger partial charge is 0.497 e. The van der Waals surface area contributed by atoms with E-state index in [0.29, 0.717) is 18.7 Å². The first kappa shape index (κ1) is 20.3. The van der Waals surface area contributed by atoms with E-state index in [2.05, 4.69) is 31.5 Å². The van der Waals surface area contributed by atoms with Gasteiger partial charge in [-0.05, 0) is 37.8 Å². The molecule has 0 amide bonds. The zero-order valence-electron chi connectivity index (χ0n) is 17.8. The normalized spacial score (nSPS) is 27.1. The molecule has 1 atom stereocenters. The van der Waals surface area contributed by atoms with Gasteiger partial charge in [-0.15, -0.1) is 0 Å². The summed E-state index contributed by atoms with van der Waals surface area (Å²) >= 11 is 0. The van der Waals surface area contributed by atoms with Crippen molar-refractivity contribution in [3.63, 3.8) is 0 Å². The molecule has 0 aromatic heterocycles. The molecule has 29 heavy (non-hydrogen) atoms. The number of piperazine rings is 3. The number of methoxy groups -OCH3 is 1. The summed E-state index contributed by atoms with van der Waals surface area (Å²) in [7, 11) is 3.53. The number of hydrogen-bond donors (Lipinski definition) is 2. The van der Waals surface area contributed by atoms with Crippen molar-refractivity contribution in [3.05, 3.63) is 23.8 Å². The zero-order valence-corrected chi connectivity index (χ0v) is 17.8. The van der Waals surface area contributed by atoms with Gasteiger partial charge in [0.05, 0.1) is 13.2 Å². The minimum Gasteiger partial charge on any atom is -0.497 e. The number of ether oxygens (including phenoxy) is 2. The van der Waals surface area contributed by atoms with Crippen LogP contribution in [-0.4, -0.2) is 81.3 Å². The van der Waals surface area contributed by atoms with Crippen LogP contribution in [0.1, 0.15) is 31.2 Å². The van der Waals surface area contributed by atoms with E-state index < -0.39 is 0 Å². The van der Waals surface area contributed by atoms with Crippen LogP contribution in [0.4, 0.5) is 0 Å². The van der Waals surface area contributed by atoms with E-state index in [-0.39, 0.29) is 0 Å². The molecule has 2 bridgehead atoms. The number of fused-ring (bicyclic) bond motifs is 3. The molecule has 7 heteroatoms. The first-order chi connectivity index (χ1) is 14.2. The molecule has 3 aliphatic heterocycles. The minimum atomic E-state index is 0.323. The van der Waals surface area contributed by atoms with Gasteiger partial charge in [-0.1, -0.05) is 0 Å². The molecule has 4 fully saturated rings. The van der Waals surface area contributed by atoms with Crippen molar-refractivity contribution >= 4 is 5.96 Å². The smallest absolute Gasteiger partial charge is 0.191 e. The van der Waals surface area contributed by atoms with E-state index in [1.807, 2.05) is 19.2 Å². The Morgan fingerprint density at radius 2 is 1.93 bits per heavy atom. The van der Waals surface area contributed by atoms with Gasteiger partial charge in [0.15, 0.2) is 5.96 Å². The molecule has 3 saturated heterocycles. The van der Waals surface area contributed by atoms with Crippen LogP contribution in [0.3, 0.4) is 0 Å². The van der Waals surface area contributed by atoms with Gasteiger partial charge in [-0.3, -0.25) is 14.8 Å². The molecule has 2 N–H and O–H groups in total. The fourth-order valence-corrected chi connectivity index (χ4v) is 4.64. The van der Waals surface area contributed by atoms with Crippen LogP contribution in [0.25, 0.3) is 0 Å². The molecule has 3 heterocycles. The van der Waals surface area contributed by atoms with Crippen LogP contribution in [0.2, 0.25) is 0 Å². The Morgan fingerprint density at radius 1 is 1.14 bits per heavy atom. The van der Waals surface area contributed by atoms with Gasteiger partial charge in [-0.2, -0.15) is 0 Å². The summed E-state index contributed by atoms with van der Waals surface area (Å²) < 4.78 is 11.7. The molecule has 1 aliphatic carbocycles. The van der Waals surface area contributed by atoms with Crippen LogP contribution >= 0.6 is 0 Å². The fourth-order valence-electron chi connectivity index (χ4n) is 4.64. The standard InChI is InChI=1S/C22H35N5O2/c1-23-22(25-15-18-16-26-9-11-27(18)12-10-26)24-14-17-7-8-20(28-2)13-21(17)29-19-5-3-4-6-19/h7-8,13,18-19H,3-6,9-12,14-16H2,1-2H3,(H2,23,24,25). The Bertz CT molecular complexity index is 696. The summed E-state index contributed by atoms with van der Waals surface area (Å²) in [5.74, 6) is 2.59. The van der Waals surface area contributed by atoms with Gasteiger partial charge >= 0.3 is 0 Å². The van der Waals surface area contributed by atoms with Crippen molar-refractivity contribution in [3.8, 4) is 11.5 Å². The van der Waals surface area contributed by atoms with Crippen molar-refractivity contribution in [1.82, 2.24) is 20.4 Å². The Labute approximate surface area is 174 Å². The monoisotopic (exact) mass is 401 g/mol. The van der Waals surface area contributed by atoms with Crippen molar-refractivity contribution in [2.45, 2.75) is 44.4 Å². The first-order valence-electron chi connectivity index (χ1n) is 11.0. The summed E-state index contributed by atoms with van der Waals surface area (Å²) in [5.41, 5.74) is 1.13. The molecule has 1 aromatic carbocycles. The lowest BCUT2D eigenvalue weighted by Gasteiger charge is -2.47. The maximum absolute atomic E-state index is 6.31. The molecule has 1 aromatic rings. The van der Waals surface area contributed by atoms with Crippen LogP contribution in [0.5, 0.6) is 11.5 Å². The zero-order chi connectivity index (χ0) is 20.1. The van der Waals surface area contributed by atoms with E-state index in [1.165, 1.54) is 39.0 Å². The second-order valence-corrected chi connectivity index (χ2v) is 8.30. The van der Waals surface area contributed by atoms with E-state index >= 15 is 0 Å². The number of nitrogens with zero attached hydrogens (tertiary/aromatic N) is 3. The van der Waals surface area contributed by atoms with E-state index in [0.717, 1.165) is 49.0 Å². The maximum Gasteiger partial charge on any atom is 0.191 e. The maximum atomic E-state index is 6.31. The summed E-state index contributed by atoms with van der Waals surface area (Å²) in [5, 5.41) is 6.97. The highest BCUT2D eigenvalue weighted by Crippen LogP contribution is 2.30. The summed E-state index contributed by atoms with van der Waals surface area (Å²) in [6.45, 7) is 7.55. The van der Waals surface area contributed by atoms with Crippen molar-refractivity contribution in [2.75, 3.05) is 53.4 Å². The second-order valence-electron chi connectivity index (χ2n) is 8.30. The third-order valence-corrected chi connectivity index (χ3v) is 6.44. The number of aliphatic imine (C=N–C) groups is 1. The van der Waals surface area contributed by atoms with E-state index in [4.69, 9.17) is 9.47 Å². The highest BCUT2D eigenvalue weighted by molar-refractivity contribution is 5.79. The van der Waals surface area contributed by atoms with Crippen LogP contribution in [-0.2, 0) is 6.54 Å². The third-order valence-electron chi connectivity index (χ3n) is 6.44. The summed E-state index contributed by atoms with van der Waals surface area (Å²) in [6, 6.07) is 6.65. The Hall–Kier alpha value is -1.99. The van der Waals surface area contributed by atoms with E-state index in [9.17, 15) is 0 Å². The predicted octanol–water partition coefficient (Wildman–Crippen LogP) is 1.68. The van der Waals surface area contributed by atoms with Crippen molar-refractivity contribution in [2.24, 2.45) is 4.99 Å². The molecule has 7 nitrogen and oxygen atoms in total. The molecule has 0 spiro atoms. The number of nitrogens with one attached hydrogen (secondary N) is 2. The molecular formula is C22H35N5O2. The van der Waals surface area contributed by atoms with Crippen molar-refractivity contribution < 1.29 is 9.47 Å². The lowest BCUT2D eigenvalue weighted by Crippen LogP contribution is -2.63. The van der Waals surface area contributed by atoms with Crippen LogP contribution < -0.4 is 20.1 Å². The Kier molecular flexibility index (Phi) is 6.77. The summed E-state index contributed by atoms with van der Waals surface area (Å²) in [6.07, 6.45) is 5.12. The topological polar surface area (TPSA) is 61.4 Å². The molecule has 0 radical (unpaired) electrons. The fraction of sp³-hybridized carbons (Fsp3) is 0.682. The summed E-state index contributed by atoms with van der Waals surface area (Å²) in [4.78, 5) is 9.57. The highest BCUT2D eigenvalue weighted by Gasteiger charge is 2.31. The second kappa shape index (κ2) is 9.67. The van der Waals surface area contributed by atoms with Gasteiger partial charge in [0, 0.05) is 70.5 Å². The van der Waals surface area contributed by atoms with Gasteiger partial charge in [0.1, 0.15) is 11.5 Å². The van der Waals surface area contributed by atoms with Crippen LogP contribution in [0, 0.1) is 0 Å². The molecule has 1 unspecified atom stereocenters. The third kappa shape index (κ3) is 5.14. The highest BCUT2D eigenvalue weighted by atomic mass is 16.5. The molecular weight excluding hydrogens is 366 g/mol. The lowest BCUT2D eigenvalue weighted by atomic mass is 10.1.